The molecule has 2 saturated heterocycles. The molecule has 2 aliphatic rings. The van der Waals surface area contributed by atoms with Crippen LogP contribution in [0.1, 0.15) is 0 Å². The van der Waals surface area contributed by atoms with Crippen LogP contribution in [0.3, 0.4) is 0 Å². The summed E-state index contributed by atoms with van der Waals surface area (Å²) < 4.78 is 32.6. The Bertz CT molecular complexity index is 356. The standard InChI is InChI=1S/C3H38N10Si12/c1-8(14)23-10(3)24-13-22-7-21-12(25-13)20-6-19-11-17-4-15-9(2)16-5-18-11/h4-7H,15-25H2,1-3,14H3. The Morgan fingerprint density at radius 1 is 0.880 bits per heavy atom. The summed E-state index contributed by atoms with van der Waals surface area (Å²) in [4.78, 5) is 0. The zero-order chi connectivity index (χ0) is 18.1. The van der Waals surface area contributed by atoms with Crippen molar-refractivity contribution in [2.24, 2.45) is 0 Å². The highest BCUT2D eigenvalue weighted by atomic mass is 28.4. The Morgan fingerprint density at radius 2 is 1.44 bits per heavy atom. The van der Waals surface area contributed by atoms with Crippen LogP contribution in [-0.2, 0) is 0 Å². The van der Waals surface area contributed by atoms with Crippen LogP contribution in [0.5, 0.6) is 0 Å². The molecule has 0 saturated carbocycles. The number of rotatable bonds is 8. The summed E-state index contributed by atoms with van der Waals surface area (Å²) in [7, 11) is 7.22. The summed E-state index contributed by atoms with van der Waals surface area (Å²) in [5.41, 5.74) is 0. The van der Waals surface area contributed by atoms with Crippen LogP contribution < -0.4 is 18.6 Å². The SMILES string of the molecule is CN([SiH3])[SiH2]N(C)[SiH2]N1[SiH2]N[SiH2]N([SiH2]N[SiH2]N2[SiH2]N[SiH2]N(C)[SiH2]N[SiH2]2)[SiH2]1. The second kappa shape index (κ2) is 13.4. The number of hydrogen-bond donors (Lipinski definition) is 4. The molecule has 2 heterocycles. The third-order valence-corrected chi connectivity index (χ3v) is 32.8. The summed E-state index contributed by atoms with van der Waals surface area (Å²) in [6, 6.07) is 0. The molecule has 10 nitrogen and oxygen atoms in total. The lowest BCUT2D eigenvalue weighted by Gasteiger charge is -2.38. The van der Waals surface area contributed by atoms with Crippen LogP contribution in [0, 0.1) is 0 Å². The number of hydrogen-bond acceptors (Lipinski definition) is 10. The molecule has 0 aliphatic carbocycles. The zero-order valence-electron chi connectivity index (χ0n) is 16.5. The Balaban J connectivity index is 1.61. The van der Waals surface area contributed by atoms with Crippen molar-refractivity contribution in [1.29, 1.82) is 0 Å². The topological polar surface area (TPSA) is 67.6 Å². The van der Waals surface area contributed by atoms with Gasteiger partial charge in [0.05, 0.1) is 10.4 Å². The number of nitrogens with one attached hydrogen (secondary N) is 4. The van der Waals surface area contributed by atoms with E-state index in [0.717, 1.165) is 0 Å². The average molecular weight is 551 g/mol. The highest BCUT2D eigenvalue weighted by Crippen LogP contribution is 1.91. The Morgan fingerprint density at radius 3 is 2.12 bits per heavy atom. The third-order valence-electron chi connectivity index (χ3n) is 4.14. The normalized spacial score (nSPS) is 32.0. The van der Waals surface area contributed by atoms with Crippen molar-refractivity contribution in [3.8, 4) is 0 Å². The summed E-state index contributed by atoms with van der Waals surface area (Å²) in [6.07, 6.45) is 0. The lowest BCUT2D eigenvalue weighted by Crippen LogP contribution is -2.67. The summed E-state index contributed by atoms with van der Waals surface area (Å²) >= 11 is 0. The predicted molar refractivity (Wildman–Crippen MR) is 145 cm³/mol. The maximum Gasteiger partial charge on any atom is 0.159 e. The molecule has 2 rings (SSSR count). The first-order chi connectivity index (χ1) is 12.0. The molecule has 2 fully saturated rings. The van der Waals surface area contributed by atoms with Gasteiger partial charge in [0, 0.05) is 0 Å². The fourth-order valence-electron chi connectivity index (χ4n) is 3.21. The quantitative estimate of drug-likeness (QED) is 0.219. The molecule has 4 N–H and O–H groups in total. The van der Waals surface area contributed by atoms with Gasteiger partial charge in [0.1, 0.15) is 9.84 Å². The van der Waals surface area contributed by atoms with Gasteiger partial charge in [-0.25, -0.2) is 0 Å². The molecule has 148 valence electrons. The molecule has 0 amide bonds. The van der Waals surface area contributed by atoms with E-state index in [0.29, 0.717) is 0 Å². The lowest BCUT2D eigenvalue weighted by molar-refractivity contribution is 0.702. The molecule has 22 heteroatoms. The van der Waals surface area contributed by atoms with E-state index in [4.69, 9.17) is 0 Å². The predicted octanol–water partition coefficient (Wildman–Crippen LogP) is -14.7. The van der Waals surface area contributed by atoms with Gasteiger partial charge in [-0.05, 0) is 21.1 Å². The Kier molecular flexibility index (Phi) is 12.6. The maximum atomic E-state index is 4.05. The van der Waals surface area contributed by atoms with Gasteiger partial charge < -0.3 is 43.0 Å². The van der Waals surface area contributed by atoms with Crippen LogP contribution >= 0.6 is 0 Å². The summed E-state index contributed by atoms with van der Waals surface area (Å²) in [5.74, 6) is 0. The largest absolute Gasteiger partial charge is 0.349 e. The molecule has 0 aromatic heterocycles. The molecule has 2 aliphatic heterocycles. The Labute approximate surface area is 182 Å². The van der Waals surface area contributed by atoms with Gasteiger partial charge in [-0.15, -0.1) is 0 Å². The smallest absolute Gasteiger partial charge is 0.159 e. The van der Waals surface area contributed by atoms with Gasteiger partial charge in [0.15, 0.2) is 98.4 Å². The molecular formula is C3H38N10Si12. The van der Waals surface area contributed by atoms with Crippen LogP contribution in [-0.4, -0.2) is 164 Å². The fourth-order valence-corrected chi connectivity index (χ4v) is 57.4. The number of nitrogens with zero attached hydrogens (tertiary/aromatic N) is 6. The van der Waals surface area contributed by atoms with Gasteiger partial charge in [0.2, 0.25) is 0 Å². The van der Waals surface area contributed by atoms with Crippen molar-refractivity contribution in [3.63, 3.8) is 0 Å². The van der Waals surface area contributed by atoms with Crippen LogP contribution in [0.25, 0.3) is 0 Å². The van der Waals surface area contributed by atoms with Crippen LogP contribution in [0.4, 0.5) is 0 Å². The van der Waals surface area contributed by atoms with Gasteiger partial charge in [-0.3, -0.25) is 0 Å². The molecule has 0 spiro atoms. The minimum atomic E-state index is -0.145. The molecular weight excluding hydrogens is 513 g/mol. The van der Waals surface area contributed by atoms with E-state index in [2.05, 4.69) is 64.1 Å². The van der Waals surface area contributed by atoms with Crippen molar-refractivity contribution in [3.05, 3.63) is 0 Å². The van der Waals surface area contributed by atoms with Crippen LogP contribution in [0.2, 0.25) is 0 Å². The monoisotopic (exact) mass is 550 g/mol. The molecule has 0 radical (unpaired) electrons. The molecule has 0 aromatic carbocycles. The summed E-state index contributed by atoms with van der Waals surface area (Å²) in [6.45, 7) is 0. The first-order valence-electron chi connectivity index (χ1n) is 9.04. The van der Waals surface area contributed by atoms with Crippen molar-refractivity contribution < 1.29 is 0 Å². The van der Waals surface area contributed by atoms with E-state index in [-0.39, 0.29) is 108 Å². The van der Waals surface area contributed by atoms with E-state index < -0.39 is 0 Å². The highest BCUT2D eigenvalue weighted by molar-refractivity contribution is 6.81. The van der Waals surface area contributed by atoms with E-state index >= 15 is 0 Å². The molecule has 0 atom stereocenters. The van der Waals surface area contributed by atoms with E-state index in [1.807, 2.05) is 0 Å². The van der Waals surface area contributed by atoms with E-state index in [9.17, 15) is 0 Å². The molecule has 0 aromatic rings. The zero-order valence-corrected chi connectivity index (χ0v) is 34.0. The van der Waals surface area contributed by atoms with Gasteiger partial charge in [0.25, 0.3) is 0 Å². The molecule has 25 heavy (non-hydrogen) atoms. The van der Waals surface area contributed by atoms with Crippen LogP contribution in [0.15, 0.2) is 0 Å². The van der Waals surface area contributed by atoms with Gasteiger partial charge in [-0.1, -0.05) is 0 Å². The average Bonchev–Trinajstić information content (AvgIpc) is 2.51. The maximum absolute atomic E-state index is 4.05. The second-order valence-electron chi connectivity index (χ2n) is 7.49. The van der Waals surface area contributed by atoms with Crippen molar-refractivity contribution in [1.82, 2.24) is 43.0 Å². The first-order valence-corrected chi connectivity index (χ1v) is 24.5. The van der Waals surface area contributed by atoms with Crippen molar-refractivity contribution in [2.45, 2.75) is 0 Å². The van der Waals surface area contributed by atoms with E-state index in [1.54, 1.807) is 0 Å². The lowest BCUT2D eigenvalue weighted by atomic mass is 11.6. The molecule has 0 bridgehead atoms. The van der Waals surface area contributed by atoms with E-state index in [1.165, 1.54) is 10.4 Å². The minimum Gasteiger partial charge on any atom is -0.349 e. The fraction of sp³-hybridized carbons (Fsp3) is 1.00. The van der Waals surface area contributed by atoms with Crippen molar-refractivity contribution in [2.75, 3.05) is 21.1 Å². The van der Waals surface area contributed by atoms with Gasteiger partial charge in [-0.2, -0.15) is 0 Å². The first kappa shape index (κ1) is 23.5. The minimum absolute atomic E-state index is 0.0443. The molecule has 0 unspecified atom stereocenters. The third kappa shape index (κ3) is 10.5. The highest BCUT2D eigenvalue weighted by Gasteiger charge is 2.20. The van der Waals surface area contributed by atoms with Crippen molar-refractivity contribution >= 4 is 119 Å². The summed E-state index contributed by atoms with van der Waals surface area (Å²) in [5, 5.41) is 0. The van der Waals surface area contributed by atoms with Gasteiger partial charge >= 0.3 is 0 Å². The Hall–Kier alpha value is 2.20. The second-order valence-corrected chi connectivity index (χ2v) is 45.1.